The molecule has 3 heterocycles. The van der Waals surface area contributed by atoms with E-state index in [9.17, 15) is 9.59 Å². The Morgan fingerprint density at radius 3 is 2.83 bits per heavy atom. The average molecular weight is 316 g/mol. The molecular formula is C15H16N4O4. The van der Waals surface area contributed by atoms with Crippen LogP contribution >= 0.6 is 0 Å². The zero-order valence-electron chi connectivity index (χ0n) is 12.6. The molecule has 1 N–H and O–H groups in total. The molecule has 8 heteroatoms. The fraction of sp³-hybridized carbons (Fsp3) is 0.400. The molecule has 0 aliphatic carbocycles. The van der Waals surface area contributed by atoms with Gasteiger partial charge in [-0.3, -0.25) is 4.79 Å². The van der Waals surface area contributed by atoms with Crippen LogP contribution < -0.4 is 0 Å². The number of hydrogen-bond acceptors (Lipinski definition) is 6. The van der Waals surface area contributed by atoms with Gasteiger partial charge in [0, 0.05) is 19.3 Å². The van der Waals surface area contributed by atoms with Gasteiger partial charge in [-0.15, -0.1) is 0 Å². The van der Waals surface area contributed by atoms with Crippen LogP contribution in [0, 0.1) is 6.92 Å². The maximum atomic E-state index is 12.5. The maximum absolute atomic E-state index is 12.5. The number of carboxylic acids is 1. The lowest BCUT2D eigenvalue weighted by Crippen LogP contribution is -2.39. The van der Waals surface area contributed by atoms with Crippen molar-refractivity contribution in [2.24, 2.45) is 0 Å². The van der Waals surface area contributed by atoms with Gasteiger partial charge in [0.15, 0.2) is 5.82 Å². The number of hydrogen-bond donors (Lipinski definition) is 1. The first-order chi connectivity index (χ1) is 11.0. The minimum Gasteiger partial charge on any atom is -0.477 e. The number of aromatic nitrogens is 3. The second kappa shape index (κ2) is 6.15. The highest BCUT2D eigenvalue weighted by Gasteiger charge is 2.29. The molecule has 0 bridgehead atoms. The van der Waals surface area contributed by atoms with Crippen molar-refractivity contribution in [1.82, 2.24) is 20.0 Å². The van der Waals surface area contributed by atoms with Crippen LogP contribution in [0.5, 0.6) is 0 Å². The van der Waals surface area contributed by atoms with Crippen molar-refractivity contribution in [3.63, 3.8) is 0 Å². The SMILES string of the molecule is Cc1noc(C2CCCN(C(=O)c3ccc(C(=O)O)nc3)C2)n1. The molecule has 1 aliphatic rings. The summed E-state index contributed by atoms with van der Waals surface area (Å²) in [5.41, 5.74) is 0.289. The highest BCUT2D eigenvalue weighted by molar-refractivity contribution is 5.95. The van der Waals surface area contributed by atoms with Gasteiger partial charge in [0.05, 0.1) is 11.5 Å². The first-order valence-electron chi connectivity index (χ1n) is 7.33. The topological polar surface area (TPSA) is 109 Å². The van der Waals surface area contributed by atoms with E-state index in [0.717, 1.165) is 12.8 Å². The van der Waals surface area contributed by atoms with Gasteiger partial charge in [0.1, 0.15) is 5.69 Å². The summed E-state index contributed by atoms with van der Waals surface area (Å²) in [6.45, 7) is 2.90. The van der Waals surface area contributed by atoms with Crippen molar-refractivity contribution in [1.29, 1.82) is 0 Å². The van der Waals surface area contributed by atoms with E-state index in [-0.39, 0.29) is 17.5 Å². The first-order valence-corrected chi connectivity index (χ1v) is 7.33. The fourth-order valence-corrected chi connectivity index (χ4v) is 2.67. The third-order valence-electron chi connectivity index (χ3n) is 3.83. The molecule has 1 unspecified atom stereocenters. The Morgan fingerprint density at radius 1 is 1.39 bits per heavy atom. The maximum Gasteiger partial charge on any atom is 0.354 e. The Kier molecular flexibility index (Phi) is 4.05. The van der Waals surface area contributed by atoms with E-state index in [2.05, 4.69) is 15.1 Å². The number of carboxylic acid groups (broad SMARTS) is 1. The number of aromatic carboxylic acids is 1. The van der Waals surface area contributed by atoms with Gasteiger partial charge in [0.25, 0.3) is 5.91 Å². The zero-order chi connectivity index (χ0) is 16.4. The van der Waals surface area contributed by atoms with E-state index in [1.165, 1.54) is 18.3 Å². The summed E-state index contributed by atoms with van der Waals surface area (Å²) in [5, 5.41) is 12.6. The minimum atomic E-state index is -1.12. The smallest absolute Gasteiger partial charge is 0.354 e. The average Bonchev–Trinajstić information content (AvgIpc) is 3.01. The minimum absolute atomic E-state index is 0.0279. The van der Waals surface area contributed by atoms with Crippen molar-refractivity contribution in [3.05, 3.63) is 41.3 Å². The van der Waals surface area contributed by atoms with E-state index in [4.69, 9.17) is 9.63 Å². The molecule has 120 valence electrons. The van der Waals surface area contributed by atoms with E-state index in [1.807, 2.05) is 0 Å². The molecule has 1 atom stereocenters. The summed E-state index contributed by atoms with van der Waals surface area (Å²) in [5.74, 6) is -0.124. The van der Waals surface area contributed by atoms with E-state index in [1.54, 1.807) is 11.8 Å². The molecular weight excluding hydrogens is 300 g/mol. The van der Waals surface area contributed by atoms with Crippen LogP contribution in [0.3, 0.4) is 0 Å². The van der Waals surface area contributed by atoms with Crippen LogP contribution in [-0.4, -0.2) is 50.1 Å². The summed E-state index contributed by atoms with van der Waals surface area (Å²) in [7, 11) is 0. The van der Waals surface area contributed by atoms with Crippen LogP contribution in [0.4, 0.5) is 0 Å². The molecule has 0 saturated carbocycles. The van der Waals surface area contributed by atoms with Crippen LogP contribution in [0.1, 0.15) is 51.3 Å². The Hall–Kier alpha value is -2.77. The molecule has 3 rings (SSSR count). The lowest BCUT2D eigenvalue weighted by atomic mass is 9.97. The number of carbonyl (C=O) groups excluding carboxylic acids is 1. The number of likely N-dealkylation sites (tertiary alicyclic amines) is 1. The van der Waals surface area contributed by atoms with Gasteiger partial charge in [-0.05, 0) is 31.9 Å². The fourth-order valence-electron chi connectivity index (χ4n) is 2.67. The monoisotopic (exact) mass is 316 g/mol. The summed E-state index contributed by atoms with van der Waals surface area (Å²) in [6, 6.07) is 2.82. The molecule has 2 aromatic heterocycles. The van der Waals surface area contributed by atoms with Crippen LogP contribution in [0.2, 0.25) is 0 Å². The number of piperidine rings is 1. The number of aryl methyl sites for hydroxylation is 1. The van der Waals surface area contributed by atoms with Crippen LogP contribution in [0.15, 0.2) is 22.9 Å². The first kappa shape index (κ1) is 15.1. The Bertz CT molecular complexity index is 725. The highest BCUT2D eigenvalue weighted by atomic mass is 16.5. The van der Waals surface area contributed by atoms with Crippen molar-refractivity contribution in [2.75, 3.05) is 13.1 Å². The van der Waals surface area contributed by atoms with Crippen molar-refractivity contribution >= 4 is 11.9 Å². The molecule has 0 spiro atoms. The third-order valence-corrected chi connectivity index (χ3v) is 3.83. The van der Waals surface area contributed by atoms with Gasteiger partial charge in [-0.25, -0.2) is 9.78 Å². The molecule has 1 aliphatic heterocycles. The predicted octanol–water partition coefficient (Wildman–Crippen LogP) is 1.49. The number of carbonyl (C=O) groups is 2. The molecule has 1 saturated heterocycles. The van der Waals surface area contributed by atoms with Gasteiger partial charge in [-0.1, -0.05) is 5.16 Å². The molecule has 23 heavy (non-hydrogen) atoms. The lowest BCUT2D eigenvalue weighted by Gasteiger charge is -2.31. The molecule has 1 fully saturated rings. The zero-order valence-corrected chi connectivity index (χ0v) is 12.6. The van der Waals surface area contributed by atoms with Gasteiger partial charge in [0.2, 0.25) is 5.89 Å². The predicted molar refractivity (Wildman–Crippen MR) is 78.1 cm³/mol. The molecule has 0 aromatic carbocycles. The largest absolute Gasteiger partial charge is 0.477 e. The highest BCUT2D eigenvalue weighted by Crippen LogP contribution is 2.26. The quantitative estimate of drug-likeness (QED) is 0.913. The number of pyridine rings is 1. The van der Waals surface area contributed by atoms with Crippen molar-refractivity contribution in [3.8, 4) is 0 Å². The van der Waals surface area contributed by atoms with Gasteiger partial charge in [-0.2, -0.15) is 4.98 Å². The van der Waals surface area contributed by atoms with E-state index in [0.29, 0.717) is 30.4 Å². The lowest BCUT2D eigenvalue weighted by molar-refractivity contribution is 0.0677. The summed E-state index contributed by atoms with van der Waals surface area (Å²) in [6.07, 6.45) is 3.03. The molecule has 1 amide bonds. The Labute approximate surface area is 132 Å². The van der Waals surface area contributed by atoms with Crippen LogP contribution in [-0.2, 0) is 0 Å². The normalized spacial score (nSPS) is 18.0. The molecule has 8 nitrogen and oxygen atoms in total. The summed E-state index contributed by atoms with van der Waals surface area (Å²) >= 11 is 0. The molecule has 0 radical (unpaired) electrons. The van der Waals surface area contributed by atoms with Gasteiger partial charge < -0.3 is 14.5 Å². The number of nitrogens with zero attached hydrogens (tertiary/aromatic N) is 4. The van der Waals surface area contributed by atoms with Gasteiger partial charge >= 0.3 is 5.97 Å². The van der Waals surface area contributed by atoms with Crippen LogP contribution in [0.25, 0.3) is 0 Å². The van der Waals surface area contributed by atoms with E-state index >= 15 is 0 Å². The van der Waals surface area contributed by atoms with Crippen molar-refractivity contribution < 1.29 is 19.2 Å². The number of amides is 1. The second-order valence-electron chi connectivity index (χ2n) is 5.51. The summed E-state index contributed by atoms with van der Waals surface area (Å²) < 4.78 is 5.20. The third kappa shape index (κ3) is 3.20. The molecule has 2 aromatic rings. The van der Waals surface area contributed by atoms with Crippen molar-refractivity contribution in [2.45, 2.75) is 25.7 Å². The summed E-state index contributed by atoms with van der Waals surface area (Å²) in [4.78, 5) is 33.1. The van der Waals surface area contributed by atoms with E-state index < -0.39 is 5.97 Å². The number of rotatable bonds is 3. The standard InChI is InChI=1S/C15H16N4O4/c1-9-17-13(23-18-9)11-3-2-6-19(8-11)14(20)10-4-5-12(15(21)22)16-7-10/h4-5,7,11H,2-3,6,8H2,1H3,(H,21,22). The Morgan fingerprint density at radius 2 is 2.22 bits per heavy atom. The Balaban J connectivity index is 1.72. The second-order valence-corrected chi connectivity index (χ2v) is 5.51.